The summed E-state index contributed by atoms with van der Waals surface area (Å²) in [4.78, 5) is 4.38. The molecule has 4 rings (SSSR count). The molecule has 1 aromatic heterocycles. The van der Waals surface area contributed by atoms with Gasteiger partial charge < -0.3 is 8.92 Å². The third kappa shape index (κ3) is 3.72. The number of ether oxygens (including phenoxy) is 1. The molecule has 1 heterocycles. The molecule has 0 N–H and O–H groups in total. The molecule has 148 valence electrons. The van der Waals surface area contributed by atoms with E-state index >= 15 is 0 Å². The van der Waals surface area contributed by atoms with Crippen molar-refractivity contribution in [2.45, 2.75) is 11.8 Å². The Labute approximate surface area is 185 Å². The van der Waals surface area contributed by atoms with Gasteiger partial charge in [-0.2, -0.15) is 8.42 Å². The molecule has 0 saturated carbocycles. The largest absolute Gasteiger partial charge is 0.493 e. The summed E-state index contributed by atoms with van der Waals surface area (Å²) < 4.78 is 39.0. The highest BCUT2D eigenvalue weighted by Crippen LogP contribution is 2.40. The minimum atomic E-state index is -4.14. The van der Waals surface area contributed by atoms with Crippen LogP contribution < -0.4 is 8.92 Å². The summed E-state index contributed by atoms with van der Waals surface area (Å²) in [6.07, 6.45) is 1.59. The van der Waals surface area contributed by atoms with E-state index in [1.165, 1.54) is 6.07 Å². The van der Waals surface area contributed by atoms with Crippen LogP contribution in [0.25, 0.3) is 21.7 Å². The minimum absolute atomic E-state index is 0.0652. The fourth-order valence-electron chi connectivity index (χ4n) is 3.12. The zero-order chi connectivity index (χ0) is 20.6. The van der Waals surface area contributed by atoms with Crippen LogP contribution in [0.3, 0.4) is 0 Å². The van der Waals surface area contributed by atoms with Crippen molar-refractivity contribution in [3.8, 4) is 11.5 Å². The van der Waals surface area contributed by atoms with E-state index in [0.29, 0.717) is 33.1 Å². The van der Waals surface area contributed by atoms with E-state index in [4.69, 9.17) is 8.92 Å². The van der Waals surface area contributed by atoms with E-state index in [9.17, 15) is 8.42 Å². The van der Waals surface area contributed by atoms with Gasteiger partial charge in [0.15, 0.2) is 5.75 Å². The first kappa shape index (κ1) is 20.1. The Hall–Kier alpha value is -2.16. The van der Waals surface area contributed by atoms with E-state index in [2.05, 4.69) is 36.8 Å². The first-order valence-corrected chi connectivity index (χ1v) is 11.7. The highest BCUT2D eigenvalue weighted by atomic mass is 79.9. The lowest BCUT2D eigenvalue weighted by molar-refractivity contribution is 0.344. The number of aromatic nitrogens is 1. The second-order valence-electron chi connectivity index (χ2n) is 6.15. The second kappa shape index (κ2) is 7.93. The number of nitrogens with zero attached hydrogens (tertiary/aromatic N) is 1. The monoisotopic (exact) mass is 535 g/mol. The summed E-state index contributed by atoms with van der Waals surface area (Å²) in [5, 5.41) is 1.98. The van der Waals surface area contributed by atoms with Crippen LogP contribution >= 0.6 is 31.9 Å². The molecule has 0 fully saturated rings. The molecular weight excluding hydrogens is 522 g/mol. The van der Waals surface area contributed by atoms with Crippen LogP contribution in [-0.2, 0) is 10.1 Å². The number of hydrogen-bond donors (Lipinski definition) is 0. The molecule has 0 amide bonds. The average Bonchev–Trinajstić information content (AvgIpc) is 2.71. The van der Waals surface area contributed by atoms with E-state index in [1.807, 2.05) is 25.1 Å². The first-order chi connectivity index (χ1) is 13.9. The van der Waals surface area contributed by atoms with Crippen LogP contribution in [0.1, 0.15) is 6.92 Å². The molecule has 0 atom stereocenters. The molecule has 29 heavy (non-hydrogen) atoms. The molecule has 0 aliphatic carbocycles. The van der Waals surface area contributed by atoms with Crippen LogP contribution in [0.15, 0.2) is 74.6 Å². The van der Waals surface area contributed by atoms with Gasteiger partial charge in [-0.05, 0) is 47.1 Å². The zero-order valence-electron chi connectivity index (χ0n) is 15.2. The quantitative estimate of drug-likeness (QED) is 0.289. The Morgan fingerprint density at radius 3 is 2.41 bits per heavy atom. The Bertz CT molecular complexity index is 1340. The van der Waals surface area contributed by atoms with Crippen LogP contribution in [-0.4, -0.2) is 20.0 Å². The van der Waals surface area contributed by atoms with Gasteiger partial charge in [-0.15, -0.1) is 0 Å². The maximum absolute atomic E-state index is 13.2. The Morgan fingerprint density at radius 2 is 1.66 bits per heavy atom. The van der Waals surface area contributed by atoms with Crippen molar-refractivity contribution >= 4 is 63.7 Å². The highest BCUT2D eigenvalue weighted by Gasteiger charge is 2.24. The molecule has 4 aromatic rings. The van der Waals surface area contributed by atoms with Gasteiger partial charge in [0.05, 0.1) is 11.1 Å². The third-order valence-electron chi connectivity index (χ3n) is 4.36. The van der Waals surface area contributed by atoms with Crippen LogP contribution in [0, 0.1) is 0 Å². The van der Waals surface area contributed by atoms with Gasteiger partial charge in [0.1, 0.15) is 16.2 Å². The number of hydrogen-bond acceptors (Lipinski definition) is 5. The van der Waals surface area contributed by atoms with Gasteiger partial charge in [0, 0.05) is 26.8 Å². The Kier molecular flexibility index (Phi) is 5.50. The summed E-state index contributed by atoms with van der Waals surface area (Å²) >= 11 is 6.87. The van der Waals surface area contributed by atoms with E-state index in [0.717, 1.165) is 9.86 Å². The maximum atomic E-state index is 13.2. The van der Waals surface area contributed by atoms with Crippen molar-refractivity contribution in [1.29, 1.82) is 0 Å². The minimum Gasteiger partial charge on any atom is -0.493 e. The fraction of sp³-hybridized carbons (Fsp3) is 0.0952. The number of halogens is 2. The molecule has 5 nitrogen and oxygen atoms in total. The standard InChI is InChI=1S/C21H15Br2NO4S/c1-2-27-18-9-10-19(14-7-4-3-6-13(14)18)29(25,26)28-21-17(23)12-16(22)15-8-5-11-24-20(15)21/h3-12H,2H2,1H3. The summed E-state index contributed by atoms with van der Waals surface area (Å²) in [6.45, 7) is 2.36. The molecular formula is C21H15Br2NO4S. The highest BCUT2D eigenvalue weighted by molar-refractivity contribution is 9.11. The maximum Gasteiger partial charge on any atom is 0.339 e. The lowest BCUT2D eigenvalue weighted by atomic mass is 10.1. The van der Waals surface area contributed by atoms with Crippen molar-refractivity contribution in [3.63, 3.8) is 0 Å². The lowest BCUT2D eigenvalue weighted by Gasteiger charge is -2.14. The molecule has 0 aliphatic rings. The van der Waals surface area contributed by atoms with E-state index < -0.39 is 10.1 Å². The molecule has 0 bridgehead atoms. The average molecular weight is 537 g/mol. The molecule has 0 aliphatic heterocycles. The number of rotatable bonds is 5. The second-order valence-corrected chi connectivity index (χ2v) is 9.37. The molecule has 0 unspecified atom stereocenters. The van der Waals surface area contributed by atoms with Crippen LogP contribution in [0.5, 0.6) is 11.5 Å². The normalized spacial score (nSPS) is 11.7. The van der Waals surface area contributed by atoms with Crippen molar-refractivity contribution in [3.05, 3.63) is 69.7 Å². The molecule has 0 radical (unpaired) electrons. The van der Waals surface area contributed by atoms with Crippen LogP contribution in [0.2, 0.25) is 0 Å². The summed E-state index contributed by atoms with van der Waals surface area (Å²) in [7, 11) is -4.14. The Morgan fingerprint density at radius 1 is 0.931 bits per heavy atom. The van der Waals surface area contributed by atoms with Gasteiger partial charge in [0.25, 0.3) is 0 Å². The van der Waals surface area contributed by atoms with Gasteiger partial charge in [-0.25, -0.2) is 0 Å². The van der Waals surface area contributed by atoms with E-state index in [1.54, 1.807) is 36.5 Å². The van der Waals surface area contributed by atoms with Gasteiger partial charge >= 0.3 is 10.1 Å². The van der Waals surface area contributed by atoms with Crippen molar-refractivity contribution < 1.29 is 17.3 Å². The number of benzene rings is 3. The molecule has 0 saturated heterocycles. The predicted molar refractivity (Wildman–Crippen MR) is 120 cm³/mol. The smallest absolute Gasteiger partial charge is 0.339 e. The summed E-state index contributed by atoms with van der Waals surface area (Å²) in [5.74, 6) is 0.765. The topological polar surface area (TPSA) is 65.5 Å². The van der Waals surface area contributed by atoms with Crippen LogP contribution in [0.4, 0.5) is 0 Å². The number of pyridine rings is 1. The van der Waals surface area contributed by atoms with Crippen molar-refractivity contribution in [2.24, 2.45) is 0 Å². The third-order valence-corrected chi connectivity index (χ3v) is 6.88. The first-order valence-electron chi connectivity index (χ1n) is 8.74. The SMILES string of the molecule is CCOc1ccc(S(=O)(=O)Oc2c(Br)cc(Br)c3cccnc23)c2ccccc12. The van der Waals surface area contributed by atoms with E-state index in [-0.39, 0.29) is 10.6 Å². The van der Waals surface area contributed by atoms with Gasteiger partial charge in [0.2, 0.25) is 0 Å². The van der Waals surface area contributed by atoms with Crippen molar-refractivity contribution in [1.82, 2.24) is 4.98 Å². The predicted octanol–water partition coefficient (Wildman–Crippen LogP) is 6.08. The summed E-state index contributed by atoms with van der Waals surface area (Å²) in [6, 6.07) is 15.7. The Balaban J connectivity index is 1.88. The fourth-order valence-corrected chi connectivity index (χ4v) is 5.74. The molecule has 0 spiro atoms. The number of fused-ring (bicyclic) bond motifs is 2. The lowest BCUT2D eigenvalue weighted by Crippen LogP contribution is -2.11. The summed E-state index contributed by atoms with van der Waals surface area (Å²) in [5.41, 5.74) is 0.438. The van der Waals surface area contributed by atoms with Crippen molar-refractivity contribution in [2.75, 3.05) is 6.61 Å². The molecule has 8 heteroatoms. The zero-order valence-corrected chi connectivity index (χ0v) is 19.2. The van der Waals surface area contributed by atoms with Gasteiger partial charge in [-0.1, -0.05) is 46.3 Å². The van der Waals surface area contributed by atoms with Gasteiger partial charge in [-0.3, -0.25) is 4.98 Å². The molecule has 3 aromatic carbocycles.